The summed E-state index contributed by atoms with van der Waals surface area (Å²) >= 11 is 0. The molecule has 2 heteroatoms. The number of ketones is 1. The van der Waals surface area contributed by atoms with Crippen LogP contribution in [0.15, 0.2) is 53.6 Å². The second-order valence-electron chi connectivity index (χ2n) is 5.67. The number of nitrogens with zero attached hydrogens (tertiary/aromatic N) is 1. The zero-order chi connectivity index (χ0) is 14.1. The number of fused-ring (bicyclic) bond motifs is 1. The highest BCUT2D eigenvalue weighted by atomic mass is 16.1. The second kappa shape index (κ2) is 5.12. The van der Waals surface area contributed by atoms with Crippen molar-refractivity contribution in [1.82, 2.24) is 0 Å². The fourth-order valence-electron chi connectivity index (χ4n) is 2.87. The maximum absolute atomic E-state index is 12.3. The molecule has 1 unspecified atom stereocenters. The number of hydrogen-bond acceptors (Lipinski definition) is 2. The van der Waals surface area contributed by atoms with Crippen LogP contribution in [0.3, 0.4) is 0 Å². The summed E-state index contributed by atoms with van der Waals surface area (Å²) in [5, 5.41) is 0. The molecular formula is C18H19NO. The number of carbonyl (C=O) groups excluding carboxylic acids is 1. The van der Waals surface area contributed by atoms with Crippen LogP contribution in [0.2, 0.25) is 0 Å². The van der Waals surface area contributed by atoms with Crippen LogP contribution < -0.4 is 4.90 Å². The average Bonchev–Trinajstić information content (AvgIpc) is 2.77. The van der Waals surface area contributed by atoms with Gasteiger partial charge in [0.1, 0.15) is 0 Å². The summed E-state index contributed by atoms with van der Waals surface area (Å²) in [7, 11) is 4.05. The van der Waals surface area contributed by atoms with Gasteiger partial charge in [-0.15, -0.1) is 0 Å². The quantitative estimate of drug-likeness (QED) is 0.761. The number of Topliss-reactive ketones (excluding diaryl/α,β-unsaturated/α-hetero) is 1. The second-order valence-corrected chi connectivity index (χ2v) is 5.67. The predicted molar refractivity (Wildman–Crippen MR) is 83.7 cm³/mol. The number of benzene rings is 1. The van der Waals surface area contributed by atoms with E-state index in [0.29, 0.717) is 5.92 Å². The Balaban J connectivity index is 1.85. The Morgan fingerprint density at radius 3 is 2.60 bits per heavy atom. The lowest BCUT2D eigenvalue weighted by molar-refractivity contribution is -0.111. The van der Waals surface area contributed by atoms with Crippen LogP contribution in [0.1, 0.15) is 18.4 Å². The van der Waals surface area contributed by atoms with Gasteiger partial charge in [-0.3, -0.25) is 4.79 Å². The van der Waals surface area contributed by atoms with Crippen LogP contribution in [0.4, 0.5) is 5.69 Å². The minimum absolute atomic E-state index is 0.232. The van der Waals surface area contributed by atoms with Gasteiger partial charge < -0.3 is 4.90 Å². The molecule has 2 aliphatic carbocycles. The lowest BCUT2D eigenvalue weighted by atomic mass is 9.94. The van der Waals surface area contributed by atoms with Crippen LogP contribution in [-0.2, 0) is 4.79 Å². The zero-order valence-electron chi connectivity index (χ0n) is 12.0. The first-order valence-corrected chi connectivity index (χ1v) is 7.04. The molecule has 0 radical (unpaired) electrons. The largest absolute Gasteiger partial charge is 0.378 e. The van der Waals surface area contributed by atoms with Gasteiger partial charge in [-0.1, -0.05) is 30.4 Å². The third-order valence-electron chi connectivity index (χ3n) is 4.04. The Bertz CT molecular complexity index is 617. The predicted octanol–water partition coefficient (Wildman–Crippen LogP) is 3.61. The van der Waals surface area contributed by atoms with E-state index in [9.17, 15) is 4.79 Å². The molecule has 0 N–H and O–H groups in total. The van der Waals surface area contributed by atoms with E-state index in [2.05, 4.69) is 35.2 Å². The van der Waals surface area contributed by atoms with Crippen molar-refractivity contribution >= 4 is 17.5 Å². The summed E-state index contributed by atoms with van der Waals surface area (Å²) in [6.45, 7) is 0. The van der Waals surface area contributed by atoms with E-state index in [1.165, 1.54) is 5.69 Å². The zero-order valence-corrected chi connectivity index (χ0v) is 12.0. The Morgan fingerprint density at radius 1 is 1.20 bits per heavy atom. The van der Waals surface area contributed by atoms with Gasteiger partial charge >= 0.3 is 0 Å². The number of carbonyl (C=O) groups is 1. The van der Waals surface area contributed by atoms with Crippen molar-refractivity contribution in [3.63, 3.8) is 0 Å². The smallest absolute Gasteiger partial charge is 0.185 e. The molecule has 1 fully saturated rings. The SMILES string of the molecule is CN(C)c1ccc(C=C2CC3CC=CC=C3C2=O)cc1. The van der Waals surface area contributed by atoms with Gasteiger partial charge in [-0.05, 0) is 42.5 Å². The van der Waals surface area contributed by atoms with E-state index in [4.69, 9.17) is 0 Å². The van der Waals surface area contributed by atoms with Gasteiger partial charge in [-0.25, -0.2) is 0 Å². The summed E-state index contributed by atoms with van der Waals surface area (Å²) in [5.74, 6) is 0.635. The summed E-state index contributed by atoms with van der Waals surface area (Å²) in [6, 6.07) is 8.31. The van der Waals surface area contributed by atoms with Crippen LogP contribution >= 0.6 is 0 Å². The summed E-state index contributed by atoms with van der Waals surface area (Å²) in [4.78, 5) is 14.4. The molecule has 2 aliphatic rings. The first-order valence-electron chi connectivity index (χ1n) is 7.04. The molecule has 0 aliphatic heterocycles. The number of anilines is 1. The molecule has 1 saturated carbocycles. The molecule has 3 rings (SSSR count). The minimum atomic E-state index is 0.232. The highest BCUT2D eigenvalue weighted by Gasteiger charge is 2.32. The van der Waals surface area contributed by atoms with Crippen molar-refractivity contribution in [2.45, 2.75) is 12.8 Å². The number of rotatable bonds is 2. The molecule has 0 amide bonds. The molecule has 102 valence electrons. The molecule has 1 atom stereocenters. The maximum atomic E-state index is 12.3. The lowest BCUT2D eigenvalue weighted by Gasteiger charge is -2.11. The van der Waals surface area contributed by atoms with E-state index < -0.39 is 0 Å². The van der Waals surface area contributed by atoms with Crippen LogP contribution in [0.5, 0.6) is 0 Å². The minimum Gasteiger partial charge on any atom is -0.378 e. The fourth-order valence-corrected chi connectivity index (χ4v) is 2.87. The maximum Gasteiger partial charge on any atom is 0.185 e. The molecular weight excluding hydrogens is 246 g/mol. The summed E-state index contributed by atoms with van der Waals surface area (Å²) in [6.07, 6.45) is 10.0. The highest BCUT2D eigenvalue weighted by Crippen LogP contribution is 2.37. The Hall–Kier alpha value is -2.09. The van der Waals surface area contributed by atoms with Crippen molar-refractivity contribution in [2.75, 3.05) is 19.0 Å². The van der Waals surface area contributed by atoms with Gasteiger partial charge in [0.2, 0.25) is 0 Å². The van der Waals surface area contributed by atoms with Crippen molar-refractivity contribution in [3.8, 4) is 0 Å². The molecule has 0 bridgehead atoms. The standard InChI is InChI=1S/C18H19NO/c1-19(2)16-9-7-13(8-10-16)11-15-12-14-5-3-4-6-17(14)18(15)20/h3-4,6-11,14H,5,12H2,1-2H3. The monoisotopic (exact) mass is 265 g/mol. The van der Waals surface area contributed by atoms with Gasteiger partial charge in [0.25, 0.3) is 0 Å². The molecule has 1 aromatic rings. The first-order chi connectivity index (χ1) is 9.65. The number of hydrogen-bond donors (Lipinski definition) is 0. The van der Waals surface area contributed by atoms with Gasteiger partial charge in [-0.2, -0.15) is 0 Å². The lowest BCUT2D eigenvalue weighted by Crippen LogP contribution is -2.07. The van der Waals surface area contributed by atoms with Crippen LogP contribution in [-0.4, -0.2) is 19.9 Å². The van der Waals surface area contributed by atoms with E-state index in [-0.39, 0.29) is 5.78 Å². The van der Waals surface area contributed by atoms with Crippen molar-refractivity contribution in [3.05, 3.63) is 59.2 Å². The van der Waals surface area contributed by atoms with Crippen molar-refractivity contribution in [2.24, 2.45) is 5.92 Å². The summed E-state index contributed by atoms with van der Waals surface area (Å²) < 4.78 is 0. The van der Waals surface area contributed by atoms with E-state index in [1.807, 2.05) is 32.3 Å². The van der Waals surface area contributed by atoms with E-state index >= 15 is 0 Å². The van der Waals surface area contributed by atoms with Gasteiger partial charge in [0.15, 0.2) is 5.78 Å². The average molecular weight is 265 g/mol. The number of allylic oxidation sites excluding steroid dienone is 5. The normalized spacial score (nSPS) is 22.9. The molecule has 2 nitrogen and oxygen atoms in total. The van der Waals surface area contributed by atoms with Crippen LogP contribution in [0.25, 0.3) is 6.08 Å². The Labute approximate surface area is 120 Å². The Kier molecular flexibility index (Phi) is 3.31. The summed E-state index contributed by atoms with van der Waals surface area (Å²) in [5.41, 5.74) is 4.21. The van der Waals surface area contributed by atoms with E-state index in [0.717, 1.165) is 29.6 Å². The van der Waals surface area contributed by atoms with E-state index in [1.54, 1.807) is 0 Å². The fraction of sp³-hybridized carbons (Fsp3) is 0.278. The molecule has 0 aromatic heterocycles. The molecule has 0 heterocycles. The molecule has 0 spiro atoms. The van der Waals surface area contributed by atoms with Gasteiger partial charge in [0.05, 0.1) is 0 Å². The molecule has 0 saturated heterocycles. The topological polar surface area (TPSA) is 20.3 Å². The Morgan fingerprint density at radius 2 is 1.95 bits per heavy atom. The van der Waals surface area contributed by atoms with Crippen molar-refractivity contribution in [1.29, 1.82) is 0 Å². The third-order valence-corrected chi connectivity index (χ3v) is 4.04. The van der Waals surface area contributed by atoms with Crippen molar-refractivity contribution < 1.29 is 4.79 Å². The molecule has 1 aromatic carbocycles. The third kappa shape index (κ3) is 2.34. The molecule has 20 heavy (non-hydrogen) atoms. The van der Waals surface area contributed by atoms with Gasteiger partial charge in [0, 0.05) is 30.9 Å². The highest BCUT2D eigenvalue weighted by molar-refractivity contribution is 6.14. The first kappa shape index (κ1) is 12.9. The van der Waals surface area contributed by atoms with Crippen LogP contribution in [0, 0.1) is 5.92 Å².